The van der Waals surface area contributed by atoms with E-state index in [0.29, 0.717) is 17.9 Å². The summed E-state index contributed by atoms with van der Waals surface area (Å²) in [6.07, 6.45) is 0.575. The van der Waals surface area contributed by atoms with Gasteiger partial charge in [0.15, 0.2) is 11.5 Å². The van der Waals surface area contributed by atoms with Crippen molar-refractivity contribution in [2.24, 2.45) is 5.14 Å². The van der Waals surface area contributed by atoms with Crippen LogP contribution in [0.5, 0.6) is 11.5 Å². The summed E-state index contributed by atoms with van der Waals surface area (Å²) in [5, 5.41) is 7.27. The molecule has 0 aliphatic heterocycles. The molecule has 0 aliphatic carbocycles. The molecule has 0 radical (unpaired) electrons. The van der Waals surface area contributed by atoms with Crippen molar-refractivity contribution >= 4 is 20.8 Å². The number of rotatable bonds is 5. The van der Waals surface area contributed by atoms with Gasteiger partial charge in [-0.1, -0.05) is 36.4 Å². The second kappa shape index (κ2) is 6.74. The van der Waals surface area contributed by atoms with Gasteiger partial charge < -0.3 is 9.47 Å². The van der Waals surface area contributed by atoms with E-state index in [4.69, 9.17) is 14.6 Å². The van der Waals surface area contributed by atoms with Crippen molar-refractivity contribution in [3.63, 3.8) is 0 Å². The number of ether oxygens (including phenoxy) is 2. The Bertz CT molecular complexity index is 1010. The Morgan fingerprint density at radius 2 is 1.64 bits per heavy atom. The van der Waals surface area contributed by atoms with Crippen LogP contribution in [0.3, 0.4) is 0 Å². The van der Waals surface area contributed by atoms with Crippen molar-refractivity contribution in [1.29, 1.82) is 0 Å². The molecule has 0 spiro atoms. The van der Waals surface area contributed by atoms with E-state index in [9.17, 15) is 8.42 Å². The van der Waals surface area contributed by atoms with Crippen LogP contribution in [0.4, 0.5) is 0 Å². The van der Waals surface area contributed by atoms with Gasteiger partial charge in [-0.15, -0.1) is 0 Å². The van der Waals surface area contributed by atoms with Crippen LogP contribution in [0, 0.1) is 0 Å². The van der Waals surface area contributed by atoms with Crippen molar-refractivity contribution in [3.05, 3.63) is 65.7 Å². The van der Waals surface area contributed by atoms with Gasteiger partial charge in [0.1, 0.15) is 0 Å². The zero-order valence-electron chi connectivity index (χ0n) is 14.0. The van der Waals surface area contributed by atoms with E-state index in [-0.39, 0.29) is 4.90 Å². The first kappa shape index (κ1) is 17.3. The van der Waals surface area contributed by atoms with E-state index >= 15 is 0 Å². The fourth-order valence-electron chi connectivity index (χ4n) is 2.93. The first-order valence-corrected chi connectivity index (χ1v) is 9.23. The van der Waals surface area contributed by atoms with Gasteiger partial charge in [-0.2, -0.15) is 0 Å². The van der Waals surface area contributed by atoms with E-state index in [1.54, 1.807) is 26.4 Å². The minimum Gasteiger partial charge on any atom is -0.493 e. The van der Waals surface area contributed by atoms with Gasteiger partial charge in [0, 0.05) is 12.0 Å². The lowest BCUT2D eigenvalue weighted by Gasteiger charge is -2.16. The van der Waals surface area contributed by atoms with Crippen molar-refractivity contribution in [3.8, 4) is 11.5 Å². The summed E-state index contributed by atoms with van der Waals surface area (Å²) in [6, 6.07) is 16.5. The normalized spacial score (nSPS) is 11.5. The van der Waals surface area contributed by atoms with Gasteiger partial charge >= 0.3 is 0 Å². The van der Waals surface area contributed by atoms with Crippen LogP contribution in [-0.2, 0) is 16.4 Å². The van der Waals surface area contributed by atoms with Gasteiger partial charge in [-0.3, -0.25) is 0 Å². The highest BCUT2D eigenvalue weighted by molar-refractivity contribution is 7.89. The number of hydrogen-bond acceptors (Lipinski definition) is 4. The molecule has 0 saturated carbocycles. The van der Waals surface area contributed by atoms with Crippen molar-refractivity contribution < 1.29 is 17.9 Å². The van der Waals surface area contributed by atoms with Crippen LogP contribution in [-0.4, -0.2) is 22.6 Å². The highest BCUT2D eigenvalue weighted by Crippen LogP contribution is 2.38. The maximum atomic E-state index is 11.4. The topological polar surface area (TPSA) is 78.6 Å². The predicted octanol–water partition coefficient (Wildman–Crippen LogP) is 3.10. The fourth-order valence-corrected chi connectivity index (χ4v) is 3.44. The quantitative estimate of drug-likeness (QED) is 0.761. The van der Waals surface area contributed by atoms with Gasteiger partial charge in [0.2, 0.25) is 10.0 Å². The van der Waals surface area contributed by atoms with Crippen LogP contribution < -0.4 is 14.6 Å². The second-order valence-corrected chi connectivity index (χ2v) is 7.24. The Morgan fingerprint density at radius 3 is 2.24 bits per heavy atom. The average molecular weight is 357 g/mol. The molecule has 0 saturated heterocycles. The summed E-state index contributed by atoms with van der Waals surface area (Å²) in [7, 11) is -0.476. The van der Waals surface area contributed by atoms with Gasteiger partial charge in [0.25, 0.3) is 0 Å². The van der Waals surface area contributed by atoms with Crippen LogP contribution >= 0.6 is 0 Å². The minimum atomic E-state index is -3.70. The summed E-state index contributed by atoms with van der Waals surface area (Å²) in [5.74, 6) is 1.34. The zero-order valence-corrected chi connectivity index (χ0v) is 14.8. The summed E-state index contributed by atoms with van der Waals surface area (Å²) in [5.41, 5.74) is 1.94. The third-order valence-corrected chi connectivity index (χ3v) is 5.06. The summed E-state index contributed by atoms with van der Waals surface area (Å²) < 4.78 is 33.9. The fraction of sp³-hybridized carbons (Fsp3) is 0.158. The molecule has 0 aromatic heterocycles. The molecule has 3 rings (SSSR count). The molecule has 0 bridgehead atoms. The van der Waals surface area contributed by atoms with Crippen LogP contribution in [0.25, 0.3) is 10.8 Å². The highest BCUT2D eigenvalue weighted by atomic mass is 32.2. The Hall–Kier alpha value is -2.57. The third kappa shape index (κ3) is 3.45. The van der Waals surface area contributed by atoms with Gasteiger partial charge in [0.05, 0.1) is 19.1 Å². The molecule has 0 aliphatic rings. The molecule has 3 aromatic carbocycles. The maximum absolute atomic E-state index is 11.4. The number of fused-ring (bicyclic) bond motifs is 1. The van der Waals surface area contributed by atoms with Crippen molar-refractivity contribution in [2.75, 3.05) is 14.2 Å². The van der Waals surface area contributed by atoms with E-state index in [2.05, 4.69) is 0 Å². The molecule has 5 nitrogen and oxygen atoms in total. The van der Waals surface area contributed by atoms with Crippen LogP contribution in [0.2, 0.25) is 0 Å². The Kier molecular flexibility index (Phi) is 4.65. The van der Waals surface area contributed by atoms with Gasteiger partial charge in [-0.05, 0) is 34.5 Å². The summed E-state index contributed by atoms with van der Waals surface area (Å²) in [4.78, 5) is 0.0960. The standard InChI is InChI=1S/C19H19NO4S/c1-23-18-12-14-5-3-4-6-16(14)17(19(18)24-2)11-13-7-9-15(10-8-13)25(20,21)22/h3-10,12H,11H2,1-2H3,(H2,20,21,22). The Labute approximate surface area is 147 Å². The number of primary sulfonamides is 1. The summed E-state index contributed by atoms with van der Waals surface area (Å²) >= 11 is 0. The number of hydrogen-bond donors (Lipinski definition) is 1. The Morgan fingerprint density at radius 1 is 0.960 bits per heavy atom. The van der Waals surface area contributed by atoms with E-state index in [1.807, 2.05) is 30.3 Å². The maximum Gasteiger partial charge on any atom is 0.238 e. The van der Waals surface area contributed by atoms with Crippen molar-refractivity contribution in [1.82, 2.24) is 0 Å². The zero-order chi connectivity index (χ0) is 18.0. The average Bonchev–Trinajstić information content (AvgIpc) is 2.61. The molecular formula is C19H19NO4S. The molecule has 0 unspecified atom stereocenters. The predicted molar refractivity (Wildman–Crippen MR) is 97.7 cm³/mol. The number of sulfonamides is 1. The number of benzene rings is 3. The number of methoxy groups -OCH3 is 2. The van der Waals surface area contributed by atoms with E-state index in [0.717, 1.165) is 21.9 Å². The smallest absolute Gasteiger partial charge is 0.238 e. The molecule has 0 heterocycles. The van der Waals surface area contributed by atoms with E-state index in [1.165, 1.54) is 12.1 Å². The van der Waals surface area contributed by atoms with Gasteiger partial charge in [-0.25, -0.2) is 13.6 Å². The lowest BCUT2D eigenvalue weighted by Crippen LogP contribution is -2.11. The SMILES string of the molecule is COc1cc2ccccc2c(Cc2ccc(S(N)(=O)=O)cc2)c1OC. The molecule has 0 fully saturated rings. The lowest BCUT2D eigenvalue weighted by molar-refractivity contribution is 0.353. The minimum absolute atomic E-state index is 0.0960. The first-order chi connectivity index (χ1) is 11.9. The molecule has 25 heavy (non-hydrogen) atoms. The molecule has 0 atom stereocenters. The monoisotopic (exact) mass is 357 g/mol. The summed E-state index contributed by atoms with van der Waals surface area (Å²) in [6.45, 7) is 0. The molecule has 3 aromatic rings. The number of nitrogens with two attached hydrogens (primary N) is 1. The lowest BCUT2D eigenvalue weighted by atomic mass is 9.97. The molecule has 2 N–H and O–H groups in total. The molecule has 6 heteroatoms. The highest BCUT2D eigenvalue weighted by Gasteiger charge is 2.16. The van der Waals surface area contributed by atoms with Crippen LogP contribution in [0.15, 0.2) is 59.5 Å². The Balaban J connectivity index is 2.11. The molecule has 130 valence electrons. The largest absolute Gasteiger partial charge is 0.493 e. The van der Waals surface area contributed by atoms with E-state index < -0.39 is 10.0 Å². The molecule has 0 amide bonds. The van der Waals surface area contributed by atoms with Crippen molar-refractivity contribution in [2.45, 2.75) is 11.3 Å². The first-order valence-electron chi connectivity index (χ1n) is 7.68. The second-order valence-electron chi connectivity index (χ2n) is 5.68. The third-order valence-electron chi connectivity index (χ3n) is 4.13. The van der Waals surface area contributed by atoms with Crippen LogP contribution in [0.1, 0.15) is 11.1 Å². The molecular weight excluding hydrogens is 338 g/mol.